The first-order valence-electron chi connectivity index (χ1n) is 38.3. The van der Waals surface area contributed by atoms with Gasteiger partial charge in [-0.1, -0.05) is 263 Å². The molecule has 0 spiro atoms. The number of aromatic nitrogens is 2. The molecule has 2 aliphatic rings. The van der Waals surface area contributed by atoms with Crippen LogP contribution in [0.1, 0.15) is 51.0 Å². The van der Waals surface area contributed by atoms with E-state index in [2.05, 4.69) is 9.80 Å². The minimum atomic E-state index is -2.16. The molecule has 0 amide bonds. The third-order valence-electron chi connectivity index (χ3n) is 17.0. The fourth-order valence-corrected chi connectivity index (χ4v) is 13.6. The molecule has 88 heavy (non-hydrogen) atoms. The fourth-order valence-electron chi connectivity index (χ4n) is 13.6. The highest BCUT2D eigenvalue weighted by Crippen LogP contribution is 2.54. The quantitative estimate of drug-likeness (QED) is 0.134. The Morgan fingerprint density at radius 3 is 0.989 bits per heavy atom. The summed E-state index contributed by atoms with van der Waals surface area (Å²) >= 11 is 0. The largest absolute Gasteiger partial charge is 0.310 e. The molecule has 4 nitrogen and oxygen atoms in total. The van der Waals surface area contributed by atoms with E-state index in [1.54, 1.807) is 12.1 Å². The highest BCUT2D eigenvalue weighted by Gasteiger charge is 2.46. The Hall–Kier alpha value is -10.9. The number of rotatable bonds is 9. The van der Waals surface area contributed by atoms with Crippen molar-refractivity contribution in [1.29, 1.82) is 0 Å². The van der Waals surface area contributed by atoms with E-state index >= 15 is 0 Å². The molecule has 17 rings (SSSR count). The summed E-state index contributed by atoms with van der Waals surface area (Å²) in [6.07, 6.45) is -2.16. The number of fused-ring (bicyclic) bond motifs is 10. The highest BCUT2D eigenvalue weighted by atomic mass is 15.2. The second kappa shape index (κ2) is 20.4. The molecule has 15 aromatic rings. The van der Waals surface area contributed by atoms with Crippen LogP contribution in [0.15, 0.2) is 303 Å². The standard InChI is InChI=1S/C83H61BN4/c1-83(2,3)54-55-50-78-80-79(51-55)88(82-64(58-30-12-6-13-31-58)40-25-41-65(82)59-32-14-7-15-33-59)77-53-61(86-74-44-22-18-36-68(74)69-37-19-23-45-75(69)86)47-49-71(77)84(80)70-48-46-60(85-72-42-20-16-34-66(72)67-35-17-21-43-73(67)85)52-76(70)87(78)81-62(56-26-8-4-9-27-56)38-24-39-63(81)57-28-10-5-11-29-57/h4-53H,54H2,1-3H3/i16D,17D,18D,19D,20D,21D,22D,23D,34D,35D,36D,37D,42D,43D,44D,45D,54D2. The van der Waals surface area contributed by atoms with Gasteiger partial charge in [-0.3, -0.25) is 0 Å². The molecule has 2 aliphatic heterocycles. The van der Waals surface area contributed by atoms with E-state index in [0.717, 1.165) is 44.5 Å². The summed E-state index contributed by atoms with van der Waals surface area (Å²) in [5.41, 5.74) is 11.0. The third-order valence-corrected chi connectivity index (χ3v) is 17.0. The van der Waals surface area contributed by atoms with Crippen LogP contribution >= 0.6 is 0 Å². The van der Waals surface area contributed by atoms with Crippen LogP contribution in [0.3, 0.4) is 0 Å². The lowest BCUT2D eigenvalue weighted by Crippen LogP contribution is -2.61. The van der Waals surface area contributed by atoms with Crippen molar-refractivity contribution in [1.82, 2.24) is 9.13 Å². The van der Waals surface area contributed by atoms with Crippen molar-refractivity contribution in [3.63, 3.8) is 0 Å². The van der Waals surface area contributed by atoms with Crippen molar-refractivity contribution in [3.05, 3.63) is 308 Å². The van der Waals surface area contributed by atoms with Crippen LogP contribution in [0.25, 0.3) is 99.5 Å². The maximum Gasteiger partial charge on any atom is 0.252 e. The number of hydrogen-bond acceptors (Lipinski definition) is 2. The van der Waals surface area contributed by atoms with Gasteiger partial charge in [0, 0.05) is 80.7 Å². The molecule has 0 aliphatic carbocycles. The molecule has 0 saturated heterocycles. The van der Waals surface area contributed by atoms with E-state index in [1.165, 1.54) is 9.13 Å². The predicted octanol–water partition coefficient (Wildman–Crippen LogP) is 20.2. The second-order valence-electron chi connectivity index (χ2n) is 23.3. The minimum Gasteiger partial charge on any atom is -0.310 e. The summed E-state index contributed by atoms with van der Waals surface area (Å²) in [4.78, 5) is 4.30. The Kier molecular flexibility index (Phi) is 8.39. The molecular weight excluding hydrogens is 1060 g/mol. The predicted molar refractivity (Wildman–Crippen MR) is 374 cm³/mol. The Labute approximate surface area is 539 Å². The van der Waals surface area contributed by atoms with Crippen molar-refractivity contribution >= 4 is 101 Å². The van der Waals surface area contributed by atoms with Gasteiger partial charge >= 0.3 is 0 Å². The number of benzene rings is 13. The molecule has 0 bridgehead atoms. The van der Waals surface area contributed by atoms with Crippen molar-refractivity contribution in [2.75, 3.05) is 9.80 Å². The number of hydrogen-bond donors (Lipinski definition) is 0. The molecule has 2 aromatic heterocycles. The minimum absolute atomic E-state index is 0.0921. The lowest BCUT2D eigenvalue weighted by atomic mass is 9.33. The topological polar surface area (TPSA) is 16.3 Å². The first-order valence-corrected chi connectivity index (χ1v) is 29.3. The van der Waals surface area contributed by atoms with Gasteiger partial charge in [-0.15, -0.1) is 0 Å². The van der Waals surface area contributed by atoms with Crippen molar-refractivity contribution in [2.24, 2.45) is 5.41 Å². The molecule has 5 heteroatoms. The van der Waals surface area contributed by atoms with Crippen LogP contribution in [0, 0.1) is 5.41 Å². The molecule has 0 N–H and O–H groups in total. The lowest BCUT2D eigenvalue weighted by molar-refractivity contribution is 0.411. The molecule has 416 valence electrons. The fraction of sp³-hybridized carbons (Fsp3) is 0.0602. The summed E-state index contributed by atoms with van der Waals surface area (Å²) < 4.78 is 174. The summed E-state index contributed by atoms with van der Waals surface area (Å²) in [6.45, 7) is 4.69. The van der Waals surface area contributed by atoms with Gasteiger partial charge in [-0.2, -0.15) is 0 Å². The number of para-hydroxylation sites is 6. The average Bonchev–Trinajstić information content (AvgIpc) is 0.893. The Morgan fingerprint density at radius 2 is 0.670 bits per heavy atom. The van der Waals surface area contributed by atoms with E-state index < -0.39 is 115 Å². The van der Waals surface area contributed by atoms with Crippen LogP contribution in [0.5, 0.6) is 0 Å². The summed E-state index contributed by atoms with van der Waals surface area (Å²) in [7, 11) is 0. The zero-order valence-corrected chi connectivity index (χ0v) is 48.0. The van der Waals surface area contributed by atoms with E-state index in [-0.39, 0.29) is 60.5 Å². The van der Waals surface area contributed by atoms with Crippen LogP contribution in [0.2, 0.25) is 0 Å². The lowest BCUT2D eigenvalue weighted by Gasteiger charge is -2.46. The molecule has 0 atom stereocenters. The normalized spacial score (nSPS) is 15.7. The smallest absolute Gasteiger partial charge is 0.252 e. The number of nitrogens with zero attached hydrogens (tertiary/aromatic N) is 4. The highest BCUT2D eigenvalue weighted by molar-refractivity contribution is 7.00. The Morgan fingerprint density at radius 1 is 0.352 bits per heavy atom. The van der Waals surface area contributed by atoms with E-state index in [4.69, 9.17) is 5.48 Å². The van der Waals surface area contributed by atoms with E-state index in [9.17, 15) is 19.2 Å². The molecule has 0 saturated carbocycles. The van der Waals surface area contributed by atoms with Gasteiger partial charge in [0.25, 0.3) is 6.71 Å². The monoisotopic (exact) mass is 1140 g/mol. The number of anilines is 6. The Bertz CT molecular complexity index is 5680. The molecular formula is C83H61BN4. The molecule has 4 heterocycles. The SMILES string of the molecule is [2H]c1c([2H])c([2H])c2c(c1[2H])c1c([2H])c([2H])c([2H])c([2H])c1n2-c1ccc2c(c1)N(c1c(-c3ccccc3)cccc1-c1ccccc1)c1cc(C([2H])([2H])C(C)(C)C)cc3c1B2c1ccc(-n2c4c([2H])c([2H])c([2H])c([2H])c4c4c([2H])c([2H])c([2H])c([2H])c42)cc1N3c1c(-c2ccccc2)cccc1-c1ccccc1. The zero-order valence-electron chi connectivity index (χ0n) is 66.0. The summed E-state index contributed by atoms with van der Waals surface area (Å²) in [6, 6.07) is 58.1. The van der Waals surface area contributed by atoms with Gasteiger partial charge in [0.2, 0.25) is 0 Å². The van der Waals surface area contributed by atoms with Crippen LogP contribution in [-0.2, 0) is 6.37 Å². The average molecular weight is 1140 g/mol. The van der Waals surface area contributed by atoms with Gasteiger partial charge < -0.3 is 18.9 Å². The molecule has 0 radical (unpaired) electrons. The van der Waals surface area contributed by atoms with Gasteiger partial charge in [0.15, 0.2) is 0 Å². The van der Waals surface area contributed by atoms with Gasteiger partial charge in [0.1, 0.15) is 0 Å². The van der Waals surface area contributed by atoms with Gasteiger partial charge in [0.05, 0.1) is 55.4 Å². The zero-order chi connectivity index (χ0) is 74.3. The second-order valence-corrected chi connectivity index (χ2v) is 23.3. The van der Waals surface area contributed by atoms with Crippen molar-refractivity contribution in [2.45, 2.75) is 27.1 Å². The van der Waals surface area contributed by atoms with Gasteiger partial charge in [-0.05, 0) is 117 Å². The van der Waals surface area contributed by atoms with E-state index in [0.29, 0.717) is 50.5 Å². The Balaban J connectivity index is 1.10. The first-order chi connectivity index (χ1) is 50.7. The first kappa shape index (κ1) is 36.2. The maximum atomic E-state index is 10.6. The molecule has 13 aromatic carbocycles. The summed E-state index contributed by atoms with van der Waals surface area (Å²) in [5, 5.41) is -0.428. The molecule has 0 fully saturated rings. The van der Waals surface area contributed by atoms with Gasteiger partial charge in [-0.25, -0.2) is 0 Å². The van der Waals surface area contributed by atoms with Crippen molar-refractivity contribution < 1.29 is 24.7 Å². The van der Waals surface area contributed by atoms with E-state index in [1.807, 2.05) is 215 Å². The van der Waals surface area contributed by atoms with Crippen LogP contribution in [0.4, 0.5) is 34.1 Å². The molecule has 0 unspecified atom stereocenters. The summed E-state index contributed by atoms with van der Waals surface area (Å²) in [5.74, 6) is 0. The van der Waals surface area contributed by atoms with Crippen LogP contribution < -0.4 is 26.2 Å². The van der Waals surface area contributed by atoms with Crippen molar-refractivity contribution in [3.8, 4) is 55.9 Å². The van der Waals surface area contributed by atoms with Crippen LogP contribution in [-0.4, -0.2) is 15.8 Å². The third kappa shape index (κ3) is 8.22. The maximum absolute atomic E-state index is 10.6.